The van der Waals surface area contributed by atoms with E-state index < -0.39 is 0 Å². The lowest BCUT2D eigenvalue weighted by atomic mass is 10.6. The molecule has 0 aromatic heterocycles. The second-order valence-electron chi connectivity index (χ2n) is 1.43. The summed E-state index contributed by atoms with van der Waals surface area (Å²) < 4.78 is 0. The molecule has 0 heterocycles. The molecule has 0 aliphatic heterocycles. The van der Waals surface area contributed by atoms with E-state index in [9.17, 15) is 4.79 Å². The summed E-state index contributed by atoms with van der Waals surface area (Å²) in [5.74, 6) is -0.0909. The van der Waals surface area contributed by atoms with Crippen LogP contribution in [-0.2, 0) is 4.79 Å². The molecule has 0 bridgehead atoms. The van der Waals surface area contributed by atoms with Crippen LogP contribution >= 0.6 is 11.6 Å². The number of amides is 1. The van der Waals surface area contributed by atoms with Crippen LogP contribution in [0.5, 0.6) is 0 Å². The van der Waals surface area contributed by atoms with E-state index in [1.54, 1.807) is 0 Å². The first-order valence-electron chi connectivity index (χ1n) is 2.20. The minimum absolute atomic E-state index is 0.0909. The molecule has 0 aliphatic carbocycles. The lowest BCUT2D eigenvalue weighted by Gasteiger charge is -1.95. The molecular formula is C5H8ClNO. The average molecular weight is 134 g/mol. The molecule has 8 heavy (non-hydrogen) atoms. The zero-order chi connectivity index (χ0) is 6.57. The van der Waals surface area contributed by atoms with E-state index >= 15 is 0 Å². The standard InChI is InChI=1S/C5H8ClNO/c1-4(6)3-7-5(2)8/h1,3H2,2H3,(H,7,8). The second-order valence-corrected chi connectivity index (χ2v) is 1.96. The second kappa shape index (κ2) is 3.50. The number of carbonyl (C=O) groups is 1. The Kier molecular flexibility index (Phi) is 3.28. The Balaban J connectivity index is 3.18. The number of hydrogen-bond acceptors (Lipinski definition) is 1. The Labute approximate surface area is 53.5 Å². The fraction of sp³-hybridized carbons (Fsp3) is 0.400. The van der Waals surface area contributed by atoms with Crippen LogP contribution in [0.1, 0.15) is 6.92 Å². The van der Waals surface area contributed by atoms with Crippen molar-refractivity contribution in [2.45, 2.75) is 6.92 Å². The van der Waals surface area contributed by atoms with Crippen molar-refractivity contribution < 1.29 is 4.79 Å². The molecule has 0 radical (unpaired) electrons. The smallest absolute Gasteiger partial charge is 0.217 e. The van der Waals surface area contributed by atoms with Gasteiger partial charge in [0.25, 0.3) is 0 Å². The van der Waals surface area contributed by atoms with Crippen molar-refractivity contribution in [3.05, 3.63) is 11.6 Å². The minimum atomic E-state index is -0.0909. The first-order valence-corrected chi connectivity index (χ1v) is 2.58. The summed E-state index contributed by atoms with van der Waals surface area (Å²) in [5, 5.41) is 2.92. The van der Waals surface area contributed by atoms with Crippen molar-refractivity contribution in [3.63, 3.8) is 0 Å². The van der Waals surface area contributed by atoms with Crippen LogP contribution in [-0.4, -0.2) is 12.5 Å². The summed E-state index contributed by atoms with van der Waals surface area (Å²) in [6.45, 7) is 5.17. The zero-order valence-electron chi connectivity index (χ0n) is 4.70. The zero-order valence-corrected chi connectivity index (χ0v) is 5.46. The average Bonchev–Trinajstić information content (AvgIpc) is 1.61. The molecule has 46 valence electrons. The molecule has 3 heteroatoms. The van der Waals surface area contributed by atoms with Gasteiger partial charge in [0, 0.05) is 12.0 Å². The summed E-state index contributed by atoms with van der Waals surface area (Å²) in [7, 11) is 0. The first kappa shape index (κ1) is 7.50. The maximum absolute atomic E-state index is 10.1. The van der Waals surface area contributed by atoms with Crippen molar-refractivity contribution in [1.29, 1.82) is 0 Å². The summed E-state index contributed by atoms with van der Waals surface area (Å²) in [6.07, 6.45) is 0. The van der Waals surface area contributed by atoms with Gasteiger partial charge in [-0.2, -0.15) is 0 Å². The van der Waals surface area contributed by atoms with Crippen LogP contribution in [0.2, 0.25) is 0 Å². The third-order valence-electron chi connectivity index (χ3n) is 0.529. The van der Waals surface area contributed by atoms with Crippen LogP contribution < -0.4 is 5.32 Å². The molecule has 0 spiro atoms. The molecule has 0 saturated carbocycles. The number of nitrogens with one attached hydrogen (secondary N) is 1. The lowest BCUT2D eigenvalue weighted by Crippen LogP contribution is -2.20. The van der Waals surface area contributed by atoms with Gasteiger partial charge in [-0.05, 0) is 0 Å². The van der Waals surface area contributed by atoms with Crippen LogP contribution in [0.15, 0.2) is 11.6 Å². The molecule has 0 unspecified atom stereocenters. The predicted molar refractivity (Wildman–Crippen MR) is 33.7 cm³/mol. The van der Waals surface area contributed by atoms with Crippen molar-refractivity contribution in [2.75, 3.05) is 6.54 Å². The molecular weight excluding hydrogens is 126 g/mol. The predicted octanol–water partition coefficient (Wildman–Crippen LogP) is 0.875. The third-order valence-corrected chi connectivity index (χ3v) is 0.663. The largest absolute Gasteiger partial charge is 0.351 e. The first-order chi connectivity index (χ1) is 3.63. The molecule has 0 aliphatic rings. The van der Waals surface area contributed by atoms with Crippen LogP contribution in [0.3, 0.4) is 0 Å². The molecule has 1 N–H and O–H groups in total. The van der Waals surface area contributed by atoms with E-state index in [1.807, 2.05) is 0 Å². The fourth-order valence-corrected chi connectivity index (χ4v) is 0.287. The molecule has 0 saturated heterocycles. The molecule has 0 atom stereocenters. The van der Waals surface area contributed by atoms with Crippen molar-refractivity contribution >= 4 is 17.5 Å². The Morgan fingerprint density at radius 1 is 1.88 bits per heavy atom. The quantitative estimate of drug-likeness (QED) is 0.595. The minimum Gasteiger partial charge on any atom is -0.351 e. The highest BCUT2D eigenvalue weighted by molar-refractivity contribution is 6.29. The maximum Gasteiger partial charge on any atom is 0.217 e. The Morgan fingerprint density at radius 2 is 2.38 bits per heavy atom. The van der Waals surface area contributed by atoms with Gasteiger partial charge in [-0.15, -0.1) is 0 Å². The van der Waals surface area contributed by atoms with E-state index in [-0.39, 0.29) is 5.91 Å². The number of carbonyl (C=O) groups excluding carboxylic acids is 1. The summed E-state index contributed by atoms with van der Waals surface area (Å²) in [4.78, 5) is 10.1. The summed E-state index contributed by atoms with van der Waals surface area (Å²) >= 11 is 5.31. The molecule has 0 aromatic carbocycles. The van der Waals surface area contributed by atoms with E-state index in [1.165, 1.54) is 6.92 Å². The van der Waals surface area contributed by atoms with E-state index in [0.717, 1.165) is 0 Å². The van der Waals surface area contributed by atoms with Gasteiger partial charge in [0.05, 0.1) is 6.54 Å². The highest BCUT2D eigenvalue weighted by Gasteiger charge is 1.88. The van der Waals surface area contributed by atoms with E-state index in [4.69, 9.17) is 11.6 Å². The molecule has 0 rings (SSSR count). The molecule has 0 aromatic rings. The highest BCUT2D eigenvalue weighted by atomic mass is 35.5. The van der Waals surface area contributed by atoms with Gasteiger partial charge < -0.3 is 5.32 Å². The number of hydrogen-bond donors (Lipinski definition) is 1. The lowest BCUT2D eigenvalue weighted by molar-refractivity contribution is -0.118. The van der Waals surface area contributed by atoms with Gasteiger partial charge in [0.2, 0.25) is 5.91 Å². The van der Waals surface area contributed by atoms with Crippen LogP contribution in [0, 0.1) is 0 Å². The molecule has 1 amide bonds. The van der Waals surface area contributed by atoms with Gasteiger partial charge in [-0.1, -0.05) is 18.2 Å². The Hall–Kier alpha value is -0.500. The SMILES string of the molecule is C=C(Cl)CNC(C)=O. The van der Waals surface area contributed by atoms with Crippen LogP contribution in [0.4, 0.5) is 0 Å². The topological polar surface area (TPSA) is 29.1 Å². The maximum atomic E-state index is 10.1. The van der Waals surface area contributed by atoms with Crippen LogP contribution in [0.25, 0.3) is 0 Å². The van der Waals surface area contributed by atoms with E-state index in [2.05, 4.69) is 11.9 Å². The van der Waals surface area contributed by atoms with Gasteiger partial charge in [0.15, 0.2) is 0 Å². The van der Waals surface area contributed by atoms with Gasteiger partial charge in [0.1, 0.15) is 0 Å². The summed E-state index contributed by atoms with van der Waals surface area (Å²) in [6, 6.07) is 0. The van der Waals surface area contributed by atoms with Crippen molar-refractivity contribution in [3.8, 4) is 0 Å². The van der Waals surface area contributed by atoms with Crippen molar-refractivity contribution in [2.24, 2.45) is 0 Å². The monoisotopic (exact) mass is 133 g/mol. The third kappa shape index (κ3) is 5.50. The Morgan fingerprint density at radius 3 is 2.50 bits per heavy atom. The highest BCUT2D eigenvalue weighted by Crippen LogP contribution is 1.90. The number of halogens is 1. The van der Waals surface area contributed by atoms with Crippen molar-refractivity contribution in [1.82, 2.24) is 5.32 Å². The fourth-order valence-electron chi connectivity index (χ4n) is 0.220. The van der Waals surface area contributed by atoms with Gasteiger partial charge in [-0.3, -0.25) is 4.79 Å². The van der Waals surface area contributed by atoms with Gasteiger partial charge in [-0.25, -0.2) is 0 Å². The summed E-state index contributed by atoms with van der Waals surface area (Å²) in [5.41, 5.74) is 0. The van der Waals surface area contributed by atoms with Gasteiger partial charge >= 0.3 is 0 Å². The Bertz CT molecular complexity index is 97.0. The molecule has 0 fully saturated rings. The number of rotatable bonds is 2. The normalized spacial score (nSPS) is 8.25. The molecule has 2 nitrogen and oxygen atoms in total. The van der Waals surface area contributed by atoms with E-state index in [0.29, 0.717) is 11.6 Å².